The average molecular weight is 484 g/mol. The van der Waals surface area contributed by atoms with Gasteiger partial charge in [0.1, 0.15) is 0 Å². The minimum Gasteiger partial charge on any atom is -0.386 e. The summed E-state index contributed by atoms with van der Waals surface area (Å²) in [6.07, 6.45) is 0. The van der Waals surface area contributed by atoms with Crippen LogP contribution in [0.25, 0.3) is 21.5 Å². The van der Waals surface area contributed by atoms with Gasteiger partial charge in [-0.1, -0.05) is 68.3 Å². The first-order valence-corrected chi connectivity index (χ1v) is 9.74. The Kier molecular flexibility index (Phi) is 4.81. The molecule has 27 heavy (non-hydrogen) atoms. The molecule has 0 radical (unpaired) electrons. The lowest BCUT2D eigenvalue weighted by Crippen LogP contribution is -2.13. The van der Waals surface area contributed by atoms with E-state index in [-0.39, 0.29) is 0 Å². The Labute approximate surface area is 172 Å². The maximum absolute atomic E-state index is 12.7. The summed E-state index contributed by atoms with van der Waals surface area (Å²) in [5, 5.41) is 3.25. The minimum absolute atomic E-state index is 0.358. The summed E-state index contributed by atoms with van der Waals surface area (Å²) in [7, 11) is 0. The van der Waals surface area contributed by atoms with Gasteiger partial charge >= 0.3 is 11.9 Å². The highest BCUT2D eigenvalue weighted by Crippen LogP contribution is 2.26. The summed E-state index contributed by atoms with van der Waals surface area (Å²) in [4.78, 5) is 25.3. The number of halogens is 2. The summed E-state index contributed by atoms with van der Waals surface area (Å²) < 4.78 is 7.03. The number of carbonyl (C=O) groups is 2. The van der Waals surface area contributed by atoms with Crippen molar-refractivity contribution in [2.45, 2.75) is 0 Å². The van der Waals surface area contributed by atoms with E-state index < -0.39 is 11.9 Å². The zero-order valence-corrected chi connectivity index (χ0v) is 17.1. The van der Waals surface area contributed by atoms with Crippen molar-refractivity contribution < 1.29 is 14.3 Å². The summed E-state index contributed by atoms with van der Waals surface area (Å²) in [6, 6.07) is 21.9. The van der Waals surface area contributed by atoms with E-state index in [4.69, 9.17) is 4.74 Å². The van der Waals surface area contributed by atoms with Crippen molar-refractivity contribution in [3.63, 3.8) is 0 Å². The molecule has 3 nitrogen and oxygen atoms in total. The van der Waals surface area contributed by atoms with Crippen molar-refractivity contribution in [2.24, 2.45) is 0 Å². The Morgan fingerprint density at radius 3 is 1.52 bits per heavy atom. The van der Waals surface area contributed by atoms with E-state index >= 15 is 0 Å². The number of ether oxygens (including phenoxy) is 1. The molecule has 0 fully saturated rings. The number of esters is 2. The molecule has 0 saturated carbocycles. The smallest absolute Gasteiger partial charge is 0.346 e. The van der Waals surface area contributed by atoms with E-state index in [0.29, 0.717) is 11.1 Å². The Morgan fingerprint density at radius 2 is 1.07 bits per heavy atom. The normalized spacial score (nSPS) is 10.9. The van der Waals surface area contributed by atoms with Crippen LogP contribution >= 0.6 is 31.9 Å². The molecule has 5 heteroatoms. The number of hydrogen-bond donors (Lipinski definition) is 0. The fourth-order valence-corrected chi connectivity index (χ4v) is 3.82. The maximum atomic E-state index is 12.7. The molecular formula is C22H12Br2O3. The fraction of sp³-hybridized carbons (Fsp3) is 0. The molecule has 0 aliphatic rings. The molecular weight excluding hydrogens is 472 g/mol. The minimum atomic E-state index is -0.665. The Hall–Kier alpha value is -2.50. The second kappa shape index (κ2) is 7.25. The lowest BCUT2D eigenvalue weighted by atomic mass is 10.0. The van der Waals surface area contributed by atoms with Gasteiger partial charge in [-0.3, -0.25) is 0 Å². The van der Waals surface area contributed by atoms with Crippen LogP contribution in [-0.4, -0.2) is 11.9 Å². The van der Waals surface area contributed by atoms with Gasteiger partial charge in [-0.05, 0) is 57.9 Å². The van der Waals surface area contributed by atoms with Crippen molar-refractivity contribution in [2.75, 3.05) is 0 Å². The van der Waals surface area contributed by atoms with Crippen molar-refractivity contribution in [1.29, 1.82) is 0 Å². The fourth-order valence-electron chi connectivity index (χ4n) is 3.06. The molecule has 4 aromatic carbocycles. The van der Waals surface area contributed by atoms with E-state index in [0.717, 1.165) is 30.5 Å². The van der Waals surface area contributed by atoms with Crippen LogP contribution in [0.1, 0.15) is 20.7 Å². The molecule has 0 aliphatic heterocycles. The number of hydrogen-bond acceptors (Lipinski definition) is 3. The second-order valence-corrected chi connectivity index (χ2v) is 7.85. The highest BCUT2D eigenvalue weighted by atomic mass is 79.9. The highest BCUT2D eigenvalue weighted by Gasteiger charge is 2.19. The lowest BCUT2D eigenvalue weighted by Gasteiger charge is -2.09. The number of benzene rings is 4. The molecule has 4 rings (SSSR count). The van der Waals surface area contributed by atoms with E-state index in [1.165, 1.54) is 0 Å². The van der Waals surface area contributed by atoms with Crippen LogP contribution in [-0.2, 0) is 4.74 Å². The average Bonchev–Trinajstić information content (AvgIpc) is 2.66. The lowest BCUT2D eigenvalue weighted by molar-refractivity contribution is 0.0400. The maximum Gasteiger partial charge on any atom is 0.346 e. The van der Waals surface area contributed by atoms with Crippen LogP contribution < -0.4 is 0 Å². The standard InChI is InChI=1S/C22H12Br2O3/c23-15-7-9-17-13(11-15)3-1-5-19(17)21(25)27-22(26)20-6-2-4-14-12-16(24)8-10-18(14)20/h1-12H. The van der Waals surface area contributed by atoms with Crippen molar-refractivity contribution in [3.8, 4) is 0 Å². The van der Waals surface area contributed by atoms with Gasteiger partial charge in [-0.15, -0.1) is 0 Å². The quantitative estimate of drug-likeness (QED) is 0.241. The molecule has 0 heterocycles. The number of carbonyl (C=O) groups excluding carboxylic acids is 2. The van der Waals surface area contributed by atoms with Gasteiger partial charge in [0, 0.05) is 8.95 Å². The number of fused-ring (bicyclic) bond motifs is 2. The molecule has 0 aliphatic carbocycles. The molecule has 4 aromatic rings. The monoisotopic (exact) mass is 482 g/mol. The van der Waals surface area contributed by atoms with Crippen LogP contribution in [0.15, 0.2) is 81.7 Å². The summed E-state index contributed by atoms with van der Waals surface area (Å²) in [5.74, 6) is -1.33. The number of rotatable bonds is 2. The summed E-state index contributed by atoms with van der Waals surface area (Å²) in [5.41, 5.74) is 0.715. The highest BCUT2D eigenvalue weighted by molar-refractivity contribution is 9.10. The van der Waals surface area contributed by atoms with Gasteiger partial charge in [0.25, 0.3) is 0 Å². The van der Waals surface area contributed by atoms with Gasteiger partial charge in [-0.25, -0.2) is 9.59 Å². The SMILES string of the molecule is O=C(OC(=O)c1cccc2cc(Br)ccc12)c1cccc2cc(Br)ccc12. The predicted octanol–water partition coefficient (Wildman–Crippen LogP) is 6.52. The van der Waals surface area contributed by atoms with E-state index in [1.54, 1.807) is 24.3 Å². The van der Waals surface area contributed by atoms with Gasteiger partial charge < -0.3 is 4.74 Å². The first kappa shape index (κ1) is 17.9. The zero-order valence-electron chi connectivity index (χ0n) is 13.9. The second-order valence-electron chi connectivity index (χ2n) is 6.02. The van der Waals surface area contributed by atoms with Gasteiger partial charge in [0.05, 0.1) is 11.1 Å². The largest absolute Gasteiger partial charge is 0.386 e. The Balaban J connectivity index is 1.69. The first-order chi connectivity index (χ1) is 13.0. The predicted molar refractivity (Wildman–Crippen MR) is 113 cm³/mol. The molecule has 0 amide bonds. The van der Waals surface area contributed by atoms with E-state index in [9.17, 15) is 9.59 Å². The molecule has 0 saturated heterocycles. The molecule has 0 N–H and O–H groups in total. The van der Waals surface area contributed by atoms with Gasteiger partial charge in [0.15, 0.2) is 0 Å². The molecule has 0 unspecified atom stereocenters. The van der Waals surface area contributed by atoms with Crippen molar-refractivity contribution in [3.05, 3.63) is 92.9 Å². The third-order valence-electron chi connectivity index (χ3n) is 4.31. The van der Waals surface area contributed by atoms with E-state index in [2.05, 4.69) is 31.9 Å². The van der Waals surface area contributed by atoms with Crippen LogP contribution in [0.4, 0.5) is 0 Å². The Bertz CT molecular complexity index is 1120. The van der Waals surface area contributed by atoms with Crippen LogP contribution in [0.3, 0.4) is 0 Å². The third-order valence-corrected chi connectivity index (χ3v) is 5.30. The van der Waals surface area contributed by atoms with Gasteiger partial charge in [0.2, 0.25) is 0 Å². The van der Waals surface area contributed by atoms with Crippen LogP contribution in [0, 0.1) is 0 Å². The third kappa shape index (κ3) is 3.53. The van der Waals surface area contributed by atoms with E-state index in [1.807, 2.05) is 48.5 Å². The van der Waals surface area contributed by atoms with Crippen LogP contribution in [0.2, 0.25) is 0 Å². The van der Waals surface area contributed by atoms with Crippen molar-refractivity contribution >= 4 is 65.3 Å². The Morgan fingerprint density at radius 1 is 0.630 bits per heavy atom. The molecule has 0 spiro atoms. The zero-order chi connectivity index (χ0) is 19.0. The molecule has 0 aromatic heterocycles. The molecule has 0 bridgehead atoms. The van der Waals surface area contributed by atoms with Crippen molar-refractivity contribution in [1.82, 2.24) is 0 Å². The topological polar surface area (TPSA) is 43.4 Å². The summed E-state index contributed by atoms with van der Waals surface area (Å²) in [6.45, 7) is 0. The molecule has 132 valence electrons. The summed E-state index contributed by atoms with van der Waals surface area (Å²) >= 11 is 6.84. The van der Waals surface area contributed by atoms with Gasteiger partial charge in [-0.2, -0.15) is 0 Å². The first-order valence-electron chi connectivity index (χ1n) is 8.16. The van der Waals surface area contributed by atoms with Crippen LogP contribution in [0.5, 0.6) is 0 Å². The molecule has 0 atom stereocenters.